The van der Waals surface area contributed by atoms with Crippen molar-refractivity contribution < 1.29 is 14.8 Å². The number of nitrogens with two attached hydrogens (primary N) is 2. The lowest BCUT2D eigenvalue weighted by Crippen LogP contribution is -2.61. The van der Waals surface area contributed by atoms with Crippen LogP contribution >= 0.6 is 0 Å². The summed E-state index contributed by atoms with van der Waals surface area (Å²) in [6.45, 7) is 3.64. The van der Waals surface area contributed by atoms with E-state index in [9.17, 15) is 10.0 Å². The molecule has 17 heavy (non-hydrogen) atoms. The minimum Gasteiger partial charge on any atom is -0.316 e. The number of amides is 1. The normalized spacial score (nSPS) is 16.6. The summed E-state index contributed by atoms with van der Waals surface area (Å²) in [5.74, 6) is 4.95. The van der Waals surface area contributed by atoms with Crippen LogP contribution in [0.1, 0.15) is 19.4 Å². The third kappa shape index (κ3) is 3.61. The maximum atomic E-state index is 11.9. The molecule has 5 heteroatoms. The van der Waals surface area contributed by atoms with Gasteiger partial charge in [0.2, 0.25) is 0 Å². The van der Waals surface area contributed by atoms with E-state index < -0.39 is 16.7 Å². The van der Waals surface area contributed by atoms with Crippen molar-refractivity contribution in [2.45, 2.75) is 26.4 Å². The Morgan fingerprint density at radius 1 is 1.35 bits per heavy atom. The van der Waals surface area contributed by atoms with Crippen LogP contribution in [0.5, 0.6) is 0 Å². The first-order valence-electron chi connectivity index (χ1n) is 5.58. The second-order valence-corrected chi connectivity index (χ2v) is 4.58. The van der Waals surface area contributed by atoms with E-state index in [0.717, 1.165) is 5.56 Å². The molecule has 2 atom stereocenters. The number of quaternary nitrogens is 1. The zero-order valence-electron chi connectivity index (χ0n) is 10.2. The van der Waals surface area contributed by atoms with Gasteiger partial charge in [-0.3, -0.25) is 0 Å². The van der Waals surface area contributed by atoms with Crippen molar-refractivity contribution >= 4 is 5.91 Å². The molecule has 0 saturated heterocycles. The van der Waals surface area contributed by atoms with Gasteiger partial charge in [-0.2, -0.15) is 5.21 Å². The first-order chi connectivity index (χ1) is 7.84. The number of hydroxylamine groups is 2. The molecule has 2 unspecified atom stereocenters. The average Bonchev–Trinajstić information content (AvgIpc) is 2.27. The maximum Gasteiger partial charge on any atom is 0.382 e. The molecule has 0 saturated carbocycles. The molecule has 0 aliphatic heterocycles. The molecule has 0 spiro atoms. The van der Waals surface area contributed by atoms with E-state index in [1.54, 1.807) is 12.1 Å². The quantitative estimate of drug-likeness (QED) is 0.238. The molecule has 1 aromatic rings. The lowest BCUT2D eigenvalue weighted by molar-refractivity contribution is -1.06. The summed E-state index contributed by atoms with van der Waals surface area (Å²) in [5, 5.41) is 9.94. The Hall–Kier alpha value is -1.27. The largest absolute Gasteiger partial charge is 0.382 e. The van der Waals surface area contributed by atoms with Gasteiger partial charge in [-0.25, -0.2) is 4.79 Å². The molecule has 0 fully saturated rings. The molecule has 5 N–H and O–H groups in total. The molecule has 0 heterocycles. The molecule has 1 rings (SSSR count). The Morgan fingerprint density at radius 2 is 1.88 bits per heavy atom. The third-order valence-electron chi connectivity index (χ3n) is 2.65. The van der Waals surface area contributed by atoms with Gasteiger partial charge in [-0.1, -0.05) is 44.2 Å². The Balaban J connectivity index is 2.78. The number of benzene rings is 1. The van der Waals surface area contributed by atoms with Crippen molar-refractivity contribution in [1.82, 2.24) is 0 Å². The highest BCUT2D eigenvalue weighted by Gasteiger charge is 2.38. The molecular weight excluding hydrogens is 218 g/mol. The van der Waals surface area contributed by atoms with Crippen molar-refractivity contribution in [2.75, 3.05) is 0 Å². The first-order valence-corrected chi connectivity index (χ1v) is 5.58. The third-order valence-corrected chi connectivity index (χ3v) is 2.65. The predicted molar refractivity (Wildman–Crippen MR) is 64.2 cm³/mol. The summed E-state index contributed by atoms with van der Waals surface area (Å²) in [4.78, 5) is 11.9. The summed E-state index contributed by atoms with van der Waals surface area (Å²) in [5.41, 5.74) is 6.47. The van der Waals surface area contributed by atoms with Crippen LogP contribution in [-0.4, -0.2) is 21.9 Å². The number of carbonyl (C=O) groups is 1. The topological polar surface area (TPSA) is 89.3 Å². The van der Waals surface area contributed by atoms with Gasteiger partial charge < -0.3 is 5.73 Å². The highest BCUT2D eigenvalue weighted by Crippen LogP contribution is 2.11. The molecule has 0 bridgehead atoms. The van der Waals surface area contributed by atoms with Crippen LogP contribution in [0.15, 0.2) is 30.3 Å². The zero-order chi connectivity index (χ0) is 13.1. The van der Waals surface area contributed by atoms with E-state index >= 15 is 0 Å². The van der Waals surface area contributed by atoms with Gasteiger partial charge in [0.25, 0.3) is 0 Å². The Bertz CT molecular complexity index is 377. The van der Waals surface area contributed by atoms with Crippen LogP contribution in [0.3, 0.4) is 0 Å². The van der Waals surface area contributed by atoms with Crippen LogP contribution in [-0.2, 0) is 11.3 Å². The van der Waals surface area contributed by atoms with E-state index in [1.165, 1.54) is 0 Å². The SMILES string of the molecule is CC(C)C(N)C(=O)[N+](N)(O)Cc1ccccc1. The summed E-state index contributed by atoms with van der Waals surface area (Å²) < 4.78 is -1.20. The van der Waals surface area contributed by atoms with Crippen LogP contribution in [0.4, 0.5) is 0 Å². The molecule has 94 valence electrons. The van der Waals surface area contributed by atoms with E-state index in [4.69, 9.17) is 11.6 Å². The van der Waals surface area contributed by atoms with Gasteiger partial charge in [-0.05, 0) is 10.7 Å². The molecular formula is C12H20N3O2+. The van der Waals surface area contributed by atoms with Gasteiger partial charge in [0, 0.05) is 5.56 Å². The minimum atomic E-state index is -1.20. The fourth-order valence-corrected chi connectivity index (χ4v) is 1.48. The van der Waals surface area contributed by atoms with Crippen LogP contribution in [0, 0.1) is 5.92 Å². The average molecular weight is 238 g/mol. The lowest BCUT2D eigenvalue weighted by atomic mass is 10.0. The highest BCUT2D eigenvalue weighted by atomic mass is 16.6. The molecule has 1 amide bonds. The molecule has 1 aromatic carbocycles. The van der Waals surface area contributed by atoms with Crippen molar-refractivity contribution in [3.63, 3.8) is 0 Å². The van der Waals surface area contributed by atoms with Crippen molar-refractivity contribution in [1.29, 1.82) is 0 Å². The monoisotopic (exact) mass is 238 g/mol. The van der Waals surface area contributed by atoms with Gasteiger partial charge in [0.15, 0.2) is 6.54 Å². The number of nitrogens with zero attached hydrogens (tertiary/aromatic N) is 1. The molecule has 5 nitrogen and oxygen atoms in total. The fraction of sp³-hybridized carbons (Fsp3) is 0.417. The van der Waals surface area contributed by atoms with Gasteiger partial charge >= 0.3 is 5.91 Å². The van der Waals surface area contributed by atoms with Crippen LogP contribution < -0.4 is 11.6 Å². The Labute approximate surface area is 101 Å². The summed E-state index contributed by atoms with van der Waals surface area (Å²) >= 11 is 0. The summed E-state index contributed by atoms with van der Waals surface area (Å²) in [6.07, 6.45) is 0. The van der Waals surface area contributed by atoms with Crippen molar-refractivity contribution in [3.05, 3.63) is 35.9 Å². The van der Waals surface area contributed by atoms with Gasteiger partial charge in [-0.15, -0.1) is 5.84 Å². The fourth-order valence-electron chi connectivity index (χ4n) is 1.48. The number of hydrogen-bond donors (Lipinski definition) is 3. The van der Waals surface area contributed by atoms with E-state index in [0.29, 0.717) is 0 Å². The number of rotatable bonds is 4. The molecule has 0 aliphatic carbocycles. The van der Waals surface area contributed by atoms with Crippen molar-refractivity contribution in [2.24, 2.45) is 17.5 Å². The van der Waals surface area contributed by atoms with Gasteiger partial charge in [0.05, 0.1) is 0 Å². The van der Waals surface area contributed by atoms with Gasteiger partial charge in [0.1, 0.15) is 6.04 Å². The lowest BCUT2D eigenvalue weighted by Gasteiger charge is -2.25. The molecule has 0 aliphatic rings. The number of carbonyl (C=O) groups excluding carboxylic acids is 1. The predicted octanol–water partition coefficient (Wildman–Crippen LogP) is 0.776. The van der Waals surface area contributed by atoms with Crippen LogP contribution in [0.2, 0.25) is 0 Å². The summed E-state index contributed by atoms with van der Waals surface area (Å²) in [6, 6.07) is 8.32. The minimum absolute atomic E-state index is 0.0140. The second kappa shape index (κ2) is 5.37. The maximum absolute atomic E-state index is 11.9. The smallest absolute Gasteiger partial charge is 0.316 e. The van der Waals surface area contributed by atoms with E-state index in [1.807, 2.05) is 32.0 Å². The zero-order valence-corrected chi connectivity index (χ0v) is 10.2. The summed E-state index contributed by atoms with van der Waals surface area (Å²) in [7, 11) is 0. The molecule has 0 aromatic heterocycles. The van der Waals surface area contributed by atoms with E-state index in [-0.39, 0.29) is 12.5 Å². The highest BCUT2D eigenvalue weighted by molar-refractivity contribution is 5.74. The standard InChI is InChI=1S/C12H20N3O2/c1-9(2)11(13)12(16)15(14,17)8-10-6-4-3-5-7-10/h3-7,9,11,17H,8,13-14H2,1-2H3/q+1. The number of hydrogen-bond acceptors (Lipinski definition) is 4. The van der Waals surface area contributed by atoms with Crippen LogP contribution in [0.25, 0.3) is 0 Å². The van der Waals surface area contributed by atoms with E-state index in [2.05, 4.69) is 0 Å². The first kappa shape index (κ1) is 13.8. The molecule has 0 radical (unpaired) electrons. The van der Waals surface area contributed by atoms with Crippen molar-refractivity contribution in [3.8, 4) is 0 Å². The Kier molecular flexibility index (Phi) is 4.36. The second-order valence-electron chi connectivity index (χ2n) is 4.58. The Morgan fingerprint density at radius 3 is 2.35 bits per heavy atom.